The first-order valence-corrected chi connectivity index (χ1v) is 11.2. The van der Waals surface area contributed by atoms with E-state index in [4.69, 9.17) is 17.0 Å². The second kappa shape index (κ2) is 8.39. The first-order valence-electron chi connectivity index (χ1n) is 10.8. The average molecular weight is 422 g/mol. The molecule has 2 bridgehead atoms. The number of hydrogen-bond donors (Lipinski definition) is 2. The molecule has 3 aliphatic rings. The molecule has 0 saturated heterocycles. The third-order valence-corrected chi connectivity index (χ3v) is 7.07. The molecule has 2 aromatic rings. The molecule has 2 aromatic carbocycles. The van der Waals surface area contributed by atoms with E-state index in [2.05, 4.69) is 19.1 Å². The summed E-state index contributed by atoms with van der Waals surface area (Å²) >= 11 is 6.05. The topological polar surface area (TPSA) is 61.1 Å². The molecule has 156 valence electrons. The number of fused-ring (bicyclic) bond motifs is 5. The number of nitrogens with one attached hydrogen (secondary N) is 1. The zero-order chi connectivity index (χ0) is 21.4. The van der Waals surface area contributed by atoms with Crippen molar-refractivity contribution in [2.24, 2.45) is 17.8 Å². The molecule has 5 rings (SSSR count). The van der Waals surface area contributed by atoms with Crippen molar-refractivity contribution in [2.75, 3.05) is 0 Å². The van der Waals surface area contributed by atoms with E-state index in [1.807, 2.05) is 37.3 Å². The molecule has 4 heteroatoms. The molecule has 0 radical (unpaired) electrons. The van der Waals surface area contributed by atoms with Gasteiger partial charge in [-0.25, -0.2) is 0 Å². The predicted octanol–water partition coefficient (Wildman–Crippen LogP) is 6.88. The summed E-state index contributed by atoms with van der Waals surface area (Å²) in [5.41, 5.74) is 5.03. The first kappa shape index (κ1) is 20.9. The maximum Gasteiger partial charge on any atom is 0.170 e. The summed E-state index contributed by atoms with van der Waals surface area (Å²) in [5, 5.41) is 20.3. The van der Waals surface area contributed by atoms with Gasteiger partial charge < -0.3 is 10.5 Å². The number of carbonyl (C=O) groups is 1. The van der Waals surface area contributed by atoms with Gasteiger partial charge in [-0.3, -0.25) is 4.79 Å². The van der Waals surface area contributed by atoms with Crippen molar-refractivity contribution in [2.45, 2.75) is 46.0 Å². The fraction of sp³-hybridized carbons (Fsp3) is 0.385. The van der Waals surface area contributed by atoms with Crippen LogP contribution in [0.1, 0.15) is 50.7 Å². The van der Waals surface area contributed by atoms with Crippen LogP contribution in [0.25, 0.3) is 16.7 Å². The number of carbonyl (C=O) groups excluding carboxylic acids is 1. The summed E-state index contributed by atoms with van der Waals surface area (Å²) in [6.07, 6.45) is 3.76. The van der Waals surface area contributed by atoms with Crippen LogP contribution in [0.15, 0.2) is 48.2 Å². The molecule has 1 fully saturated rings. The van der Waals surface area contributed by atoms with E-state index in [0.29, 0.717) is 29.1 Å². The molecule has 0 amide bonds. The number of Topliss-reactive ketones (excluding diaryl/α,β-unsaturated/α-hetero) is 1. The van der Waals surface area contributed by atoms with Gasteiger partial charge in [0.1, 0.15) is 5.76 Å². The Kier molecular flexibility index (Phi) is 5.84. The van der Waals surface area contributed by atoms with Gasteiger partial charge in [0.05, 0.1) is 5.57 Å². The Bertz CT molecular complexity index is 1020. The molecular weight excluding hydrogens is 394 g/mol. The van der Waals surface area contributed by atoms with Crippen molar-refractivity contribution in [1.82, 2.24) is 0 Å². The fourth-order valence-corrected chi connectivity index (χ4v) is 5.16. The van der Waals surface area contributed by atoms with Gasteiger partial charge in [-0.05, 0) is 72.1 Å². The summed E-state index contributed by atoms with van der Waals surface area (Å²) in [6, 6.07) is 13.8. The summed E-state index contributed by atoms with van der Waals surface area (Å²) in [4.78, 5) is 13.6. The predicted molar refractivity (Wildman–Crippen MR) is 123 cm³/mol. The van der Waals surface area contributed by atoms with Crippen molar-refractivity contribution in [3.63, 3.8) is 0 Å². The monoisotopic (exact) mass is 421 g/mol. The number of aryl methyl sites for hydroxylation is 1. The van der Waals surface area contributed by atoms with Crippen LogP contribution in [0.3, 0.4) is 0 Å². The Morgan fingerprint density at radius 3 is 2.43 bits per heavy atom. The molecule has 2 N–H and O–H groups in total. The van der Waals surface area contributed by atoms with Gasteiger partial charge in [-0.2, -0.15) is 0 Å². The van der Waals surface area contributed by atoms with Crippen molar-refractivity contribution in [3.05, 3.63) is 64.4 Å². The number of halogens is 1. The lowest BCUT2D eigenvalue weighted by molar-refractivity contribution is -0.117. The van der Waals surface area contributed by atoms with Crippen molar-refractivity contribution in [3.8, 4) is 11.1 Å². The highest BCUT2D eigenvalue weighted by Crippen LogP contribution is 2.41. The van der Waals surface area contributed by atoms with Gasteiger partial charge in [-0.15, -0.1) is 0 Å². The van der Waals surface area contributed by atoms with Crippen LogP contribution in [-0.4, -0.2) is 16.6 Å². The van der Waals surface area contributed by atoms with Gasteiger partial charge in [0.2, 0.25) is 0 Å². The molecule has 30 heavy (non-hydrogen) atoms. The van der Waals surface area contributed by atoms with Crippen LogP contribution >= 0.6 is 11.6 Å². The molecule has 3 aliphatic carbocycles. The van der Waals surface area contributed by atoms with E-state index in [1.165, 1.54) is 0 Å². The Morgan fingerprint density at radius 2 is 1.77 bits per heavy atom. The minimum atomic E-state index is -0.294. The molecule has 0 spiro atoms. The van der Waals surface area contributed by atoms with Crippen LogP contribution < -0.4 is 0 Å². The van der Waals surface area contributed by atoms with Crippen LogP contribution in [0, 0.1) is 23.2 Å². The van der Waals surface area contributed by atoms with Crippen LogP contribution in [0.4, 0.5) is 0 Å². The van der Waals surface area contributed by atoms with Crippen LogP contribution in [0.5, 0.6) is 0 Å². The number of benzene rings is 2. The number of allylic oxidation sites excluding steroid dienone is 2. The third-order valence-electron chi connectivity index (χ3n) is 6.81. The van der Waals surface area contributed by atoms with Gasteiger partial charge >= 0.3 is 0 Å². The summed E-state index contributed by atoms with van der Waals surface area (Å²) < 4.78 is 0. The highest BCUT2D eigenvalue weighted by molar-refractivity contribution is 6.30. The lowest BCUT2D eigenvalue weighted by Crippen LogP contribution is -2.32. The zero-order valence-corrected chi connectivity index (χ0v) is 18.3. The SMILES string of the molecule is CCc1ccc(-c2ccc(Cl)cc2)cc1/C1=C(\O)C[C@@H]2CCC(C(=N)C2)[C@H](C)C1=O. The first-order chi connectivity index (χ1) is 14.4. The van der Waals surface area contributed by atoms with E-state index in [9.17, 15) is 9.90 Å². The quantitative estimate of drug-likeness (QED) is 0.567. The van der Waals surface area contributed by atoms with E-state index in [1.54, 1.807) is 0 Å². The second-order valence-corrected chi connectivity index (χ2v) is 9.13. The smallest absolute Gasteiger partial charge is 0.170 e. The standard InChI is InChI=1S/C26H28ClNO2/c1-3-17-5-6-19(18-7-9-20(27)10-8-18)14-22(17)25-24(29)13-16-4-11-21(23(28)12-16)15(2)26(25)30/h5-10,14-16,21,28-29H,3-4,11-13H2,1-2H3/b25-24+,28-23?/t15-,16+,21?/m0/s1. The molecule has 0 aromatic heterocycles. The third kappa shape index (κ3) is 3.83. The second-order valence-electron chi connectivity index (χ2n) is 8.69. The van der Waals surface area contributed by atoms with Gasteiger partial charge in [0, 0.05) is 29.0 Å². The van der Waals surface area contributed by atoms with E-state index in [-0.39, 0.29) is 29.3 Å². The molecular formula is C26H28ClNO2. The Hall–Kier alpha value is -2.39. The molecule has 3 atom stereocenters. The lowest BCUT2D eigenvalue weighted by Gasteiger charge is -2.30. The van der Waals surface area contributed by atoms with Crippen LogP contribution in [-0.2, 0) is 11.2 Å². The van der Waals surface area contributed by atoms with Gasteiger partial charge in [-0.1, -0.05) is 49.7 Å². The minimum absolute atomic E-state index is 0.0147. The summed E-state index contributed by atoms with van der Waals surface area (Å²) in [5.74, 6) is 0.0889. The fourth-order valence-electron chi connectivity index (χ4n) is 5.04. The number of hydrogen-bond acceptors (Lipinski definition) is 3. The zero-order valence-electron chi connectivity index (χ0n) is 17.5. The Morgan fingerprint density at radius 1 is 1.07 bits per heavy atom. The van der Waals surface area contributed by atoms with E-state index in [0.717, 1.165) is 41.5 Å². The van der Waals surface area contributed by atoms with Crippen molar-refractivity contribution in [1.29, 1.82) is 5.41 Å². The molecule has 3 nitrogen and oxygen atoms in total. The van der Waals surface area contributed by atoms with Crippen molar-refractivity contribution >= 4 is 28.7 Å². The van der Waals surface area contributed by atoms with Gasteiger partial charge in [0.25, 0.3) is 0 Å². The Balaban J connectivity index is 1.86. The number of aliphatic hydroxyl groups is 1. The summed E-state index contributed by atoms with van der Waals surface area (Å²) in [7, 11) is 0. The maximum atomic E-state index is 13.6. The summed E-state index contributed by atoms with van der Waals surface area (Å²) in [6.45, 7) is 4.00. The van der Waals surface area contributed by atoms with E-state index < -0.39 is 0 Å². The highest BCUT2D eigenvalue weighted by atomic mass is 35.5. The van der Waals surface area contributed by atoms with Gasteiger partial charge in [0.15, 0.2) is 5.78 Å². The average Bonchev–Trinajstić information content (AvgIpc) is 2.79. The van der Waals surface area contributed by atoms with E-state index >= 15 is 0 Å². The number of ketones is 1. The minimum Gasteiger partial charge on any atom is -0.512 e. The molecule has 1 unspecified atom stereocenters. The molecule has 0 aliphatic heterocycles. The number of aliphatic hydroxyl groups excluding tert-OH is 1. The Labute approximate surface area is 183 Å². The molecule has 1 saturated carbocycles. The largest absolute Gasteiger partial charge is 0.512 e. The highest BCUT2D eigenvalue weighted by Gasteiger charge is 2.38. The van der Waals surface area contributed by atoms with Crippen molar-refractivity contribution < 1.29 is 9.90 Å². The normalized spacial score (nSPS) is 27.0. The van der Waals surface area contributed by atoms with Crippen LogP contribution in [0.2, 0.25) is 5.02 Å². The maximum absolute atomic E-state index is 13.6. The lowest BCUT2D eigenvalue weighted by atomic mass is 9.73. The molecule has 0 heterocycles. The number of rotatable bonds is 3.